The van der Waals surface area contributed by atoms with Crippen molar-refractivity contribution in [3.63, 3.8) is 0 Å². The van der Waals surface area contributed by atoms with Gasteiger partial charge < -0.3 is 9.84 Å². The van der Waals surface area contributed by atoms with E-state index in [0.717, 1.165) is 18.2 Å². The van der Waals surface area contributed by atoms with Crippen molar-refractivity contribution in [1.29, 1.82) is 0 Å². The molecule has 0 aromatic heterocycles. The first-order chi connectivity index (χ1) is 9.80. The standard InChI is InChI=1S/C14H9ClF4O2/c15-12-3-2-9(16)6-10(12)11-5-8(7-20)1-4-13(11)21-14(17,18)19/h1-6,20H,7H2. The van der Waals surface area contributed by atoms with Crippen LogP contribution in [-0.2, 0) is 6.61 Å². The monoisotopic (exact) mass is 320 g/mol. The Labute approximate surface area is 122 Å². The lowest BCUT2D eigenvalue weighted by atomic mass is 10.0. The summed E-state index contributed by atoms with van der Waals surface area (Å²) in [6.07, 6.45) is -4.89. The number of benzene rings is 2. The number of alkyl halides is 3. The van der Waals surface area contributed by atoms with Crippen molar-refractivity contribution in [3.05, 3.63) is 52.8 Å². The van der Waals surface area contributed by atoms with Crippen molar-refractivity contribution in [2.24, 2.45) is 0 Å². The van der Waals surface area contributed by atoms with E-state index < -0.39 is 17.9 Å². The minimum atomic E-state index is -4.89. The Morgan fingerprint density at radius 3 is 2.38 bits per heavy atom. The largest absolute Gasteiger partial charge is 0.573 e. The van der Waals surface area contributed by atoms with Gasteiger partial charge in [-0.25, -0.2) is 4.39 Å². The highest BCUT2D eigenvalue weighted by Crippen LogP contribution is 2.38. The molecule has 2 rings (SSSR count). The first-order valence-electron chi connectivity index (χ1n) is 5.75. The average molecular weight is 321 g/mol. The van der Waals surface area contributed by atoms with Crippen molar-refractivity contribution >= 4 is 11.6 Å². The maximum absolute atomic E-state index is 13.3. The molecule has 0 saturated carbocycles. The minimum absolute atomic E-state index is 0.0474. The zero-order valence-electron chi connectivity index (χ0n) is 10.4. The summed E-state index contributed by atoms with van der Waals surface area (Å²) in [4.78, 5) is 0. The van der Waals surface area contributed by atoms with Crippen LogP contribution in [0.2, 0.25) is 5.02 Å². The lowest BCUT2D eigenvalue weighted by molar-refractivity contribution is -0.274. The molecule has 0 atom stereocenters. The van der Waals surface area contributed by atoms with Crippen LogP contribution in [0.25, 0.3) is 11.1 Å². The zero-order valence-corrected chi connectivity index (χ0v) is 11.2. The summed E-state index contributed by atoms with van der Waals surface area (Å²) in [5.41, 5.74) is 0.342. The van der Waals surface area contributed by atoms with Crippen LogP contribution in [0.15, 0.2) is 36.4 Å². The molecule has 0 aliphatic carbocycles. The van der Waals surface area contributed by atoms with Gasteiger partial charge in [-0.2, -0.15) is 0 Å². The quantitative estimate of drug-likeness (QED) is 0.842. The highest BCUT2D eigenvalue weighted by Gasteiger charge is 2.32. The number of halogens is 5. The van der Waals surface area contributed by atoms with Crippen LogP contribution in [0, 0.1) is 5.82 Å². The number of aliphatic hydroxyl groups excluding tert-OH is 1. The number of hydrogen-bond donors (Lipinski definition) is 1. The third-order valence-corrected chi connectivity index (χ3v) is 3.00. The van der Waals surface area contributed by atoms with E-state index in [9.17, 15) is 17.6 Å². The summed E-state index contributed by atoms with van der Waals surface area (Å²) >= 11 is 5.90. The van der Waals surface area contributed by atoms with Gasteiger partial charge in [0, 0.05) is 16.1 Å². The zero-order chi connectivity index (χ0) is 15.6. The lowest BCUT2D eigenvalue weighted by Crippen LogP contribution is -2.17. The maximum atomic E-state index is 13.3. The topological polar surface area (TPSA) is 29.5 Å². The molecule has 0 radical (unpaired) electrons. The second-order valence-electron chi connectivity index (χ2n) is 4.16. The molecule has 0 heterocycles. The van der Waals surface area contributed by atoms with Crippen molar-refractivity contribution in [1.82, 2.24) is 0 Å². The average Bonchev–Trinajstić information content (AvgIpc) is 2.40. The van der Waals surface area contributed by atoms with Gasteiger partial charge in [-0.05, 0) is 35.9 Å². The van der Waals surface area contributed by atoms with Crippen LogP contribution < -0.4 is 4.74 Å². The van der Waals surface area contributed by atoms with Crippen molar-refractivity contribution in [3.8, 4) is 16.9 Å². The molecule has 7 heteroatoms. The SMILES string of the molecule is OCc1ccc(OC(F)(F)F)c(-c2cc(F)ccc2Cl)c1. The Morgan fingerprint density at radius 1 is 1.05 bits per heavy atom. The van der Waals surface area contributed by atoms with Gasteiger partial charge in [0.2, 0.25) is 0 Å². The Kier molecular flexibility index (Phi) is 4.39. The van der Waals surface area contributed by atoms with Gasteiger partial charge >= 0.3 is 6.36 Å². The van der Waals surface area contributed by atoms with Gasteiger partial charge in [0.1, 0.15) is 11.6 Å². The minimum Gasteiger partial charge on any atom is -0.405 e. The molecule has 2 aromatic carbocycles. The fourth-order valence-corrected chi connectivity index (χ4v) is 2.02. The van der Waals surface area contributed by atoms with Crippen LogP contribution >= 0.6 is 11.6 Å². The molecule has 0 bridgehead atoms. The second-order valence-corrected chi connectivity index (χ2v) is 4.57. The van der Waals surface area contributed by atoms with Gasteiger partial charge in [-0.15, -0.1) is 13.2 Å². The third kappa shape index (κ3) is 3.86. The van der Waals surface area contributed by atoms with Crippen LogP contribution in [0.3, 0.4) is 0 Å². The van der Waals surface area contributed by atoms with Gasteiger partial charge in [-0.1, -0.05) is 17.7 Å². The number of ether oxygens (including phenoxy) is 1. The molecule has 0 saturated heterocycles. The fourth-order valence-electron chi connectivity index (χ4n) is 1.80. The molecule has 0 unspecified atom stereocenters. The van der Waals surface area contributed by atoms with Gasteiger partial charge in [0.15, 0.2) is 0 Å². The van der Waals surface area contributed by atoms with Gasteiger partial charge in [0.05, 0.1) is 6.61 Å². The Hall–Kier alpha value is -1.79. The summed E-state index contributed by atoms with van der Waals surface area (Å²) in [6.45, 7) is -0.383. The summed E-state index contributed by atoms with van der Waals surface area (Å²) in [6, 6.07) is 6.92. The van der Waals surface area contributed by atoms with Crippen LogP contribution in [-0.4, -0.2) is 11.5 Å². The number of rotatable bonds is 3. The van der Waals surface area contributed by atoms with E-state index in [1.54, 1.807) is 0 Å². The Morgan fingerprint density at radius 2 is 1.76 bits per heavy atom. The van der Waals surface area contributed by atoms with Crippen molar-refractivity contribution < 1.29 is 27.4 Å². The molecule has 0 amide bonds. The molecular weight excluding hydrogens is 312 g/mol. The molecule has 0 spiro atoms. The Balaban J connectivity index is 2.61. The number of aliphatic hydroxyl groups is 1. The van der Waals surface area contributed by atoms with Crippen LogP contribution in [0.1, 0.15) is 5.56 Å². The van der Waals surface area contributed by atoms with Crippen LogP contribution in [0.5, 0.6) is 5.75 Å². The van der Waals surface area contributed by atoms with Gasteiger partial charge in [-0.3, -0.25) is 0 Å². The van der Waals surface area contributed by atoms with E-state index in [2.05, 4.69) is 4.74 Å². The van der Waals surface area contributed by atoms with E-state index in [-0.39, 0.29) is 22.8 Å². The van der Waals surface area contributed by atoms with E-state index in [0.29, 0.717) is 5.56 Å². The highest BCUT2D eigenvalue weighted by atomic mass is 35.5. The number of hydrogen-bond acceptors (Lipinski definition) is 2. The van der Waals surface area contributed by atoms with E-state index in [4.69, 9.17) is 16.7 Å². The van der Waals surface area contributed by atoms with Crippen LogP contribution in [0.4, 0.5) is 17.6 Å². The summed E-state index contributed by atoms with van der Waals surface area (Å²) in [7, 11) is 0. The molecule has 0 aliphatic rings. The molecular formula is C14H9ClF4O2. The van der Waals surface area contributed by atoms with Crippen molar-refractivity contribution in [2.75, 3.05) is 0 Å². The summed E-state index contributed by atoms with van der Waals surface area (Å²) in [5.74, 6) is -1.17. The molecule has 2 nitrogen and oxygen atoms in total. The molecule has 2 aromatic rings. The molecule has 21 heavy (non-hydrogen) atoms. The second kappa shape index (κ2) is 5.91. The smallest absolute Gasteiger partial charge is 0.405 e. The fraction of sp³-hybridized carbons (Fsp3) is 0.143. The maximum Gasteiger partial charge on any atom is 0.573 e. The lowest BCUT2D eigenvalue weighted by Gasteiger charge is -2.15. The van der Waals surface area contributed by atoms with Crippen molar-refractivity contribution in [2.45, 2.75) is 13.0 Å². The summed E-state index contributed by atoms with van der Waals surface area (Å²) < 4.78 is 54.5. The first kappa shape index (κ1) is 15.6. The van der Waals surface area contributed by atoms with Gasteiger partial charge in [0.25, 0.3) is 0 Å². The predicted molar refractivity (Wildman–Crippen MR) is 69.5 cm³/mol. The highest BCUT2D eigenvalue weighted by molar-refractivity contribution is 6.33. The predicted octanol–water partition coefficient (Wildman–Crippen LogP) is 4.54. The van der Waals surface area contributed by atoms with E-state index in [1.807, 2.05) is 0 Å². The third-order valence-electron chi connectivity index (χ3n) is 2.67. The normalized spacial score (nSPS) is 11.5. The molecule has 1 N–H and O–H groups in total. The Bertz CT molecular complexity index is 656. The molecule has 0 fully saturated rings. The molecule has 112 valence electrons. The van der Waals surface area contributed by atoms with E-state index in [1.165, 1.54) is 18.2 Å². The van der Waals surface area contributed by atoms with E-state index >= 15 is 0 Å². The summed E-state index contributed by atoms with van der Waals surface area (Å²) in [5, 5.41) is 9.15. The first-order valence-corrected chi connectivity index (χ1v) is 6.13. The molecule has 0 aliphatic heterocycles.